The van der Waals surface area contributed by atoms with Gasteiger partial charge in [-0.05, 0) is 61.7 Å². The van der Waals surface area contributed by atoms with Crippen LogP contribution in [0.4, 0.5) is 14.6 Å². The summed E-state index contributed by atoms with van der Waals surface area (Å²) in [4.78, 5) is 18.2. The number of piperidine rings is 1. The van der Waals surface area contributed by atoms with Crippen molar-refractivity contribution in [2.45, 2.75) is 49.9 Å². The molecule has 2 bridgehead atoms. The van der Waals surface area contributed by atoms with Crippen molar-refractivity contribution in [3.8, 4) is 35.4 Å². The van der Waals surface area contributed by atoms with Gasteiger partial charge in [-0.1, -0.05) is 18.1 Å². The maximum atomic E-state index is 16.8. The van der Waals surface area contributed by atoms with E-state index in [1.165, 1.54) is 6.07 Å². The summed E-state index contributed by atoms with van der Waals surface area (Å²) in [5, 5.41) is 22.8. The smallest absolute Gasteiger partial charge is 0.319 e. The molecule has 3 aliphatic heterocycles. The minimum absolute atomic E-state index is 0.00228. The van der Waals surface area contributed by atoms with Crippen molar-refractivity contribution in [2.24, 2.45) is 11.8 Å². The quantitative estimate of drug-likeness (QED) is 0.316. The van der Waals surface area contributed by atoms with Crippen molar-refractivity contribution in [2.75, 3.05) is 37.7 Å². The zero-order valence-corrected chi connectivity index (χ0v) is 24.2. The SMILES string of the molecule is C#Cc1cccc2cc(O)cc(-c3ncc4c(N5CC6CC(O)C(C6)C5)nc(OCC56CCCN5C[C@H](F)C6)nc4c3F)c12. The highest BCUT2D eigenvalue weighted by Gasteiger charge is 2.49. The fraction of sp³-hybridized carbons (Fsp3) is 0.441. The third kappa shape index (κ3) is 4.36. The van der Waals surface area contributed by atoms with E-state index in [9.17, 15) is 14.6 Å². The lowest BCUT2D eigenvalue weighted by atomic mass is 9.95. The number of aromatic nitrogens is 3. The fourth-order valence-corrected chi connectivity index (χ4v) is 8.28. The summed E-state index contributed by atoms with van der Waals surface area (Å²) >= 11 is 0. The minimum atomic E-state index is -0.904. The monoisotopic (exact) mass is 597 g/mol. The van der Waals surface area contributed by atoms with Crippen LogP contribution in [0.3, 0.4) is 0 Å². The third-order valence-corrected chi connectivity index (χ3v) is 10.2. The Labute approximate surface area is 253 Å². The molecule has 3 saturated heterocycles. The molecule has 2 N–H and O–H groups in total. The zero-order chi connectivity index (χ0) is 30.2. The molecule has 10 heteroatoms. The number of phenols is 1. The Bertz CT molecular complexity index is 1840. The number of aromatic hydroxyl groups is 1. The van der Waals surface area contributed by atoms with Crippen molar-refractivity contribution in [3.05, 3.63) is 47.9 Å². The van der Waals surface area contributed by atoms with E-state index < -0.39 is 17.5 Å². The van der Waals surface area contributed by atoms with E-state index in [-0.39, 0.29) is 41.6 Å². The van der Waals surface area contributed by atoms with E-state index in [1.807, 2.05) is 0 Å². The van der Waals surface area contributed by atoms with Crippen molar-refractivity contribution < 1.29 is 23.7 Å². The largest absolute Gasteiger partial charge is 0.508 e. The molecule has 1 saturated carbocycles. The third-order valence-electron chi connectivity index (χ3n) is 10.2. The number of terminal acetylenes is 1. The number of pyridine rings is 1. The first-order chi connectivity index (χ1) is 21.3. The Hall–Kier alpha value is -4.07. The molecular formula is C34H33F2N5O3. The molecule has 0 amide bonds. The maximum absolute atomic E-state index is 16.8. The van der Waals surface area contributed by atoms with Gasteiger partial charge in [-0.3, -0.25) is 9.88 Å². The zero-order valence-electron chi connectivity index (χ0n) is 24.2. The molecule has 44 heavy (non-hydrogen) atoms. The molecule has 5 atom stereocenters. The molecule has 8 rings (SSSR count). The molecular weight excluding hydrogens is 564 g/mol. The van der Waals surface area contributed by atoms with Gasteiger partial charge in [-0.2, -0.15) is 9.97 Å². The molecule has 4 unspecified atom stereocenters. The van der Waals surface area contributed by atoms with Crippen LogP contribution in [0, 0.1) is 30.0 Å². The van der Waals surface area contributed by atoms with Crippen LogP contribution in [0.5, 0.6) is 11.8 Å². The normalized spacial score (nSPS) is 28.1. The van der Waals surface area contributed by atoms with Crippen molar-refractivity contribution in [3.63, 3.8) is 0 Å². The highest BCUT2D eigenvalue weighted by atomic mass is 19.1. The Kier molecular flexibility index (Phi) is 6.40. The van der Waals surface area contributed by atoms with Crippen LogP contribution in [-0.4, -0.2) is 80.7 Å². The number of hydrogen-bond acceptors (Lipinski definition) is 8. The molecule has 4 aromatic rings. The lowest BCUT2D eigenvalue weighted by molar-refractivity contribution is 0.107. The van der Waals surface area contributed by atoms with Crippen LogP contribution in [0.15, 0.2) is 36.5 Å². The Morgan fingerprint density at radius 3 is 2.89 bits per heavy atom. The molecule has 0 spiro atoms. The van der Waals surface area contributed by atoms with Gasteiger partial charge >= 0.3 is 6.01 Å². The Morgan fingerprint density at radius 1 is 1.16 bits per heavy atom. The minimum Gasteiger partial charge on any atom is -0.508 e. The lowest BCUT2D eigenvalue weighted by Gasteiger charge is -2.34. The van der Waals surface area contributed by atoms with Crippen LogP contribution in [0.2, 0.25) is 0 Å². The van der Waals surface area contributed by atoms with E-state index >= 15 is 4.39 Å². The van der Waals surface area contributed by atoms with E-state index in [0.717, 1.165) is 32.2 Å². The van der Waals surface area contributed by atoms with Crippen LogP contribution in [-0.2, 0) is 0 Å². The van der Waals surface area contributed by atoms with E-state index in [0.29, 0.717) is 65.1 Å². The maximum Gasteiger partial charge on any atom is 0.319 e. The van der Waals surface area contributed by atoms with Crippen molar-refractivity contribution in [1.29, 1.82) is 0 Å². The van der Waals surface area contributed by atoms with E-state index in [4.69, 9.17) is 16.1 Å². The van der Waals surface area contributed by atoms with Gasteiger partial charge in [0, 0.05) is 54.7 Å². The second kappa shape index (κ2) is 10.2. The number of fused-ring (bicyclic) bond motifs is 5. The standard InChI is InChI=1S/C34H33F2N5O3/c1-2-20-5-3-6-21-11-24(42)12-25(28(20)21)30-29(36)31-26(14-37-30)32(40-15-19-9-22(16-40)27(43)10-19)39-33(38-31)44-18-34-7-4-8-41(34)17-23(35)13-34/h1,3,5-6,11-12,14,19,22-23,27,42-43H,4,7-10,13,15-18H2/t19?,22?,23-,27?,34?/m1/s1. The van der Waals surface area contributed by atoms with Gasteiger partial charge in [0.2, 0.25) is 0 Å². The number of nitrogens with zero attached hydrogens (tertiary/aromatic N) is 5. The molecule has 2 aromatic heterocycles. The molecule has 8 nitrogen and oxygen atoms in total. The predicted octanol–water partition coefficient (Wildman–Crippen LogP) is 4.83. The van der Waals surface area contributed by atoms with E-state index in [2.05, 4.69) is 25.7 Å². The topological polar surface area (TPSA) is 94.8 Å². The van der Waals surface area contributed by atoms with Gasteiger partial charge in [-0.15, -0.1) is 6.42 Å². The summed E-state index contributed by atoms with van der Waals surface area (Å²) in [6.45, 7) is 2.69. The highest BCUT2D eigenvalue weighted by molar-refractivity contribution is 6.02. The van der Waals surface area contributed by atoms with Crippen LogP contribution in [0.25, 0.3) is 32.9 Å². The first kappa shape index (κ1) is 27.5. The molecule has 0 radical (unpaired) electrons. The number of anilines is 1. The second-order valence-corrected chi connectivity index (χ2v) is 13.0. The van der Waals surface area contributed by atoms with Gasteiger partial charge in [-0.25, -0.2) is 8.78 Å². The molecule has 2 aromatic carbocycles. The van der Waals surface area contributed by atoms with Crippen molar-refractivity contribution in [1.82, 2.24) is 19.9 Å². The number of aliphatic hydroxyl groups is 1. The van der Waals surface area contributed by atoms with Gasteiger partial charge in [0.25, 0.3) is 0 Å². The molecule has 4 fully saturated rings. The average molecular weight is 598 g/mol. The summed E-state index contributed by atoms with van der Waals surface area (Å²) in [6.07, 6.45) is 9.97. The number of phenolic OH excluding ortho intramolecular Hbond substituents is 1. The van der Waals surface area contributed by atoms with Gasteiger partial charge in [0.15, 0.2) is 5.82 Å². The summed E-state index contributed by atoms with van der Waals surface area (Å²) in [5.41, 5.74) is 0.535. The van der Waals surface area contributed by atoms with Gasteiger partial charge < -0.3 is 19.8 Å². The Balaban J connectivity index is 1.27. The summed E-state index contributed by atoms with van der Waals surface area (Å²) in [5.74, 6) is 2.86. The number of aliphatic hydroxyl groups excluding tert-OH is 1. The molecule has 226 valence electrons. The van der Waals surface area contributed by atoms with Gasteiger partial charge in [0.1, 0.15) is 35.6 Å². The number of rotatable bonds is 5. The Morgan fingerprint density at radius 2 is 2.05 bits per heavy atom. The number of benzene rings is 2. The first-order valence-corrected chi connectivity index (χ1v) is 15.4. The number of halogens is 2. The van der Waals surface area contributed by atoms with E-state index in [1.54, 1.807) is 30.5 Å². The predicted molar refractivity (Wildman–Crippen MR) is 163 cm³/mol. The summed E-state index contributed by atoms with van der Waals surface area (Å²) in [7, 11) is 0. The summed E-state index contributed by atoms with van der Waals surface area (Å²) in [6, 6.07) is 8.43. The lowest BCUT2D eigenvalue weighted by Crippen LogP contribution is -2.43. The van der Waals surface area contributed by atoms with Gasteiger partial charge in [0.05, 0.1) is 17.0 Å². The highest BCUT2D eigenvalue weighted by Crippen LogP contribution is 2.43. The fourth-order valence-electron chi connectivity index (χ4n) is 8.28. The molecule has 1 aliphatic carbocycles. The van der Waals surface area contributed by atoms with Crippen LogP contribution < -0.4 is 9.64 Å². The first-order valence-electron chi connectivity index (χ1n) is 15.4. The summed E-state index contributed by atoms with van der Waals surface area (Å²) < 4.78 is 37.4. The molecule has 5 heterocycles. The van der Waals surface area contributed by atoms with Crippen LogP contribution >= 0.6 is 0 Å². The number of ether oxygens (including phenoxy) is 1. The van der Waals surface area contributed by atoms with Crippen LogP contribution in [0.1, 0.15) is 37.7 Å². The molecule has 4 aliphatic rings. The van der Waals surface area contributed by atoms with Crippen molar-refractivity contribution >= 4 is 27.5 Å². The second-order valence-electron chi connectivity index (χ2n) is 13.0. The average Bonchev–Trinajstić information content (AvgIpc) is 3.63. The number of hydrogen-bond donors (Lipinski definition) is 2. The number of alkyl halides is 1.